The van der Waals surface area contributed by atoms with Gasteiger partial charge in [0.05, 0.1) is 6.10 Å². The highest BCUT2D eigenvalue weighted by Crippen LogP contribution is 2.29. The van der Waals surface area contributed by atoms with Gasteiger partial charge in [0.2, 0.25) is 0 Å². The number of benzene rings is 1. The molecule has 0 aliphatic carbocycles. The van der Waals surface area contributed by atoms with Crippen LogP contribution in [0.25, 0.3) is 0 Å². The van der Waals surface area contributed by atoms with Crippen LogP contribution in [0.1, 0.15) is 25.5 Å². The lowest BCUT2D eigenvalue weighted by Crippen LogP contribution is -2.32. The van der Waals surface area contributed by atoms with Crippen LogP contribution < -0.4 is 4.90 Å². The minimum absolute atomic E-state index is 0.296. The van der Waals surface area contributed by atoms with Gasteiger partial charge in [0.25, 0.3) is 0 Å². The van der Waals surface area contributed by atoms with E-state index in [2.05, 4.69) is 6.92 Å². The Morgan fingerprint density at radius 3 is 2.59 bits per heavy atom. The molecule has 4 heteroatoms. The van der Waals surface area contributed by atoms with Crippen molar-refractivity contribution in [2.24, 2.45) is 0 Å². The maximum atomic E-state index is 13.7. The highest BCUT2D eigenvalue weighted by molar-refractivity contribution is 7.98. The highest BCUT2D eigenvalue weighted by atomic mass is 32.2. The predicted molar refractivity (Wildman–Crippen MR) is 73.3 cm³/mol. The molecule has 1 N–H and O–H groups in total. The summed E-state index contributed by atoms with van der Waals surface area (Å²) in [6.07, 6.45) is 1.25. The van der Waals surface area contributed by atoms with Gasteiger partial charge in [-0.3, -0.25) is 0 Å². The molecule has 0 aliphatic rings. The number of hydrogen-bond donors (Lipinski definition) is 1. The van der Waals surface area contributed by atoms with Crippen molar-refractivity contribution in [2.75, 3.05) is 24.0 Å². The minimum atomic E-state index is -0.796. The van der Waals surface area contributed by atoms with Crippen molar-refractivity contribution in [3.63, 3.8) is 0 Å². The van der Waals surface area contributed by atoms with Crippen LogP contribution in [0.3, 0.4) is 0 Å². The van der Waals surface area contributed by atoms with Gasteiger partial charge < -0.3 is 10.0 Å². The van der Waals surface area contributed by atoms with Crippen molar-refractivity contribution in [1.29, 1.82) is 0 Å². The van der Waals surface area contributed by atoms with Crippen molar-refractivity contribution in [2.45, 2.75) is 26.0 Å². The molecular formula is C13H20FNOS. The summed E-state index contributed by atoms with van der Waals surface area (Å²) in [5.41, 5.74) is 1.14. The molecule has 0 saturated heterocycles. The van der Waals surface area contributed by atoms with Gasteiger partial charge >= 0.3 is 0 Å². The summed E-state index contributed by atoms with van der Waals surface area (Å²) >= 11 is 1.75. The smallest absolute Gasteiger partial charge is 0.131 e. The molecule has 2 nitrogen and oxygen atoms in total. The summed E-state index contributed by atoms with van der Waals surface area (Å²) in [5.74, 6) is 0.618. The Bertz CT molecular complexity index is 370. The fourth-order valence-electron chi connectivity index (χ4n) is 1.84. The van der Waals surface area contributed by atoms with Crippen LogP contribution >= 0.6 is 11.8 Å². The Balaban J connectivity index is 3.08. The average Bonchev–Trinajstić information content (AvgIpc) is 2.27. The van der Waals surface area contributed by atoms with E-state index in [0.29, 0.717) is 11.6 Å². The average molecular weight is 257 g/mol. The Morgan fingerprint density at radius 1 is 1.41 bits per heavy atom. The molecule has 0 radical (unpaired) electrons. The summed E-state index contributed by atoms with van der Waals surface area (Å²) in [4.78, 5) is 2.02. The van der Waals surface area contributed by atoms with E-state index in [1.807, 2.05) is 24.3 Å². The second-order valence-corrected chi connectivity index (χ2v) is 5.17. The fraction of sp³-hybridized carbons (Fsp3) is 0.538. The Morgan fingerprint density at radius 2 is 2.06 bits per heavy atom. The van der Waals surface area contributed by atoms with E-state index in [9.17, 15) is 9.50 Å². The molecule has 0 fully saturated rings. The first-order chi connectivity index (χ1) is 7.99. The third-order valence-corrected chi connectivity index (χ3v) is 3.71. The number of thioether (sulfide) groups is 1. The SMILES string of the molecule is CSCC(C)N(C)c1cccc(F)c1[C@@H](C)O. The van der Waals surface area contributed by atoms with Crippen LogP contribution in [0, 0.1) is 5.82 Å². The molecule has 0 aromatic heterocycles. The molecule has 0 aliphatic heterocycles. The summed E-state index contributed by atoms with van der Waals surface area (Å²) in [5, 5.41) is 9.67. The molecule has 96 valence electrons. The van der Waals surface area contributed by atoms with Crippen molar-refractivity contribution in [3.8, 4) is 0 Å². The van der Waals surface area contributed by atoms with Crippen LogP contribution in [-0.2, 0) is 0 Å². The Labute approximate surface area is 107 Å². The van der Waals surface area contributed by atoms with Gasteiger partial charge in [-0.05, 0) is 32.2 Å². The van der Waals surface area contributed by atoms with Crippen LogP contribution in [0.15, 0.2) is 18.2 Å². The second-order valence-electron chi connectivity index (χ2n) is 4.26. The first-order valence-corrected chi connectivity index (χ1v) is 7.06. The number of aliphatic hydroxyl groups excluding tert-OH is 1. The molecule has 0 spiro atoms. The Kier molecular flexibility index (Phi) is 5.28. The van der Waals surface area contributed by atoms with Crippen molar-refractivity contribution < 1.29 is 9.50 Å². The normalized spacial score (nSPS) is 14.5. The third-order valence-electron chi connectivity index (χ3n) is 2.90. The monoisotopic (exact) mass is 257 g/mol. The number of rotatable bonds is 5. The first kappa shape index (κ1) is 14.3. The lowest BCUT2D eigenvalue weighted by atomic mass is 10.1. The zero-order valence-electron chi connectivity index (χ0n) is 10.8. The van der Waals surface area contributed by atoms with E-state index < -0.39 is 6.10 Å². The van der Waals surface area contributed by atoms with Gasteiger partial charge in [0.15, 0.2) is 0 Å². The molecule has 2 atom stereocenters. The largest absolute Gasteiger partial charge is 0.389 e. The minimum Gasteiger partial charge on any atom is -0.389 e. The van der Waals surface area contributed by atoms with Gasteiger partial charge in [-0.25, -0.2) is 4.39 Å². The molecule has 1 aromatic rings. The lowest BCUT2D eigenvalue weighted by molar-refractivity contribution is 0.194. The van der Waals surface area contributed by atoms with Crippen LogP contribution in [0.4, 0.5) is 10.1 Å². The maximum Gasteiger partial charge on any atom is 0.131 e. The molecule has 0 heterocycles. The number of anilines is 1. The first-order valence-electron chi connectivity index (χ1n) is 5.67. The van der Waals surface area contributed by atoms with Gasteiger partial charge in [-0.15, -0.1) is 0 Å². The van der Waals surface area contributed by atoms with E-state index in [0.717, 1.165) is 11.4 Å². The summed E-state index contributed by atoms with van der Waals surface area (Å²) in [7, 11) is 1.93. The topological polar surface area (TPSA) is 23.5 Å². The zero-order chi connectivity index (χ0) is 13.0. The summed E-state index contributed by atoms with van der Waals surface area (Å²) in [6.45, 7) is 3.68. The van der Waals surface area contributed by atoms with Crippen molar-refractivity contribution in [1.82, 2.24) is 0 Å². The fourth-order valence-corrected chi connectivity index (χ4v) is 2.54. The Hall–Kier alpha value is -0.740. The predicted octanol–water partition coefficient (Wildman–Crippen LogP) is 3.07. The standard InChI is InChI=1S/C13H20FNOS/c1-9(8-17-4)15(3)12-7-5-6-11(14)13(12)10(2)16/h5-7,9-10,16H,8H2,1-4H3/t9?,10-/m1/s1. The highest BCUT2D eigenvalue weighted by Gasteiger charge is 2.18. The molecule has 0 amide bonds. The van der Waals surface area contributed by atoms with Crippen molar-refractivity contribution in [3.05, 3.63) is 29.6 Å². The maximum absolute atomic E-state index is 13.7. The number of aliphatic hydroxyl groups is 1. The van der Waals surface area contributed by atoms with Crippen LogP contribution in [0.2, 0.25) is 0 Å². The molecule has 1 unspecified atom stereocenters. The van der Waals surface area contributed by atoms with Gasteiger partial charge in [-0.2, -0.15) is 11.8 Å². The molecule has 1 rings (SSSR count). The van der Waals surface area contributed by atoms with Gasteiger partial charge in [-0.1, -0.05) is 6.07 Å². The quantitative estimate of drug-likeness (QED) is 0.877. The van der Waals surface area contributed by atoms with E-state index in [4.69, 9.17) is 0 Å². The molecular weight excluding hydrogens is 237 g/mol. The van der Waals surface area contributed by atoms with E-state index in [-0.39, 0.29) is 5.82 Å². The molecule has 0 bridgehead atoms. The van der Waals surface area contributed by atoms with Crippen LogP contribution in [0.5, 0.6) is 0 Å². The number of nitrogens with zero attached hydrogens (tertiary/aromatic N) is 1. The van der Waals surface area contributed by atoms with E-state index in [1.54, 1.807) is 24.8 Å². The van der Waals surface area contributed by atoms with Crippen molar-refractivity contribution >= 4 is 17.4 Å². The van der Waals surface area contributed by atoms with Gasteiger partial charge in [0, 0.05) is 30.1 Å². The van der Waals surface area contributed by atoms with Crippen LogP contribution in [-0.4, -0.2) is 30.2 Å². The number of halogens is 1. The van der Waals surface area contributed by atoms with E-state index in [1.165, 1.54) is 6.07 Å². The molecule has 17 heavy (non-hydrogen) atoms. The summed E-state index contributed by atoms with van der Waals surface area (Å²) in [6, 6.07) is 5.21. The third kappa shape index (κ3) is 3.36. The lowest BCUT2D eigenvalue weighted by Gasteiger charge is -2.29. The number of hydrogen-bond acceptors (Lipinski definition) is 3. The second kappa shape index (κ2) is 6.26. The van der Waals surface area contributed by atoms with E-state index >= 15 is 0 Å². The molecule has 1 aromatic carbocycles. The zero-order valence-corrected chi connectivity index (χ0v) is 11.6. The molecule has 0 saturated carbocycles. The summed E-state index contributed by atoms with van der Waals surface area (Å²) < 4.78 is 13.7. The van der Waals surface area contributed by atoms with Gasteiger partial charge in [0.1, 0.15) is 5.82 Å².